The molecule has 0 spiro atoms. The molecule has 0 aromatic heterocycles. The van der Waals surface area contributed by atoms with Crippen LogP contribution < -0.4 is 10.6 Å². The van der Waals surface area contributed by atoms with Crippen molar-refractivity contribution in [1.29, 1.82) is 0 Å². The van der Waals surface area contributed by atoms with Crippen LogP contribution in [0.2, 0.25) is 0 Å². The number of carbonyl (C=O) groups excluding carboxylic acids is 4. The number of imide groups is 1. The molecule has 1 rings (SSSR count). The number of carbonyl (C=O) groups is 4. The van der Waals surface area contributed by atoms with Gasteiger partial charge in [-0.05, 0) is 26.7 Å². The number of rotatable bonds is 5. The minimum Gasteiger partial charge on any atom is -0.444 e. The van der Waals surface area contributed by atoms with Gasteiger partial charge in [-0.3, -0.25) is 9.59 Å². The number of hydrogen-bond donors (Lipinski definition) is 2. The van der Waals surface area contributed by atoms with Crippen LogP contribution in [0.3, 0.4) is 0 Å². The smallest absolute Gasteiger partial charge is 0.432 e. The van der Waals surface area contributed by atoms with E-state index in [9.17, 15) is 19.2 Å². The number of ether oxygens (including phenoxy) is 1. The monoisotopic (exact) mass is 344 g/mol. The van der Waals surface area contributed by atoms with Gasteiger partial charge in [0.15, 0.2) is 0 Å². The van der Waals surface area contributed by atoms with Crippen LogP contribution in [-0.4, -0.2) is 47.3 Å². The summed E-state index contributed by atoms with van der Waals surface area (Å²) in [4.78, 5) is 51.0. The maximum Gasteiger partial charge on any atom is 0.432 e. The summed E-state index contributed by atoms with van der Waals surface area (Å²) >= 11 is 0. The fourth-order valence-corrected chi connectivity index (χ4v) is 1.88. The molecular formula is C15H25N3O6. The molecule has 1 atom stereocenters. The van der Waals surface area contributed by atoms with Gasteiger partial charge >= 0.3 is 12.2 Å². The molecule has 0 radical (unpaired) electrons. The standard InChI is InChI=1S/C15H25N3O6/c1-9(2)10(17-14(22)23-15(3,4)5)8-16-13(21)24-18-11(19)6-7-12(18)20/h9-10H,6-8H2,1-5H3,(H,16,21)(H,17,22)/t10-/m1/s1/i17+1. The lowest BCUT2D eigenvalue weighted by Crippen LogP contribution is -2.49. The Morgan fingerprint density at radius 2 is 1.67 bits per heavy atom. The van der Waals surface area contributed by atoms with E-state index in [1.807, 2.05) is 13.8 Å². The minimum absolute atomic E-state index is 0.00729. The van der Waals surface area contributed by atoms with Crippen LogP contribution in [0, 0.1) is 5.92 Å². The van der Waals surface area contributed by atoms with Crippen molar-refractivity contribution in [2.24, 2.45) is 5.92 Å². The van der Waals surface area contributed by atoms with Crippen LogP contribution in [0.25, 0.3) is 0 Å². The fraction of sp³-hybridized carbons (Fsp3) is 0.733. The first kappa shape index (κ1) is 19.7. The third-order valence-electron chi connectivity index (χ3n) is 3.15. The highest BCUT2D eigenvalue weighted by Gasteiger charge is 2.33. The molecule has 0 unspecified atom stereocenters. The maximum absolute atomic E-state index is 11.8. The van der Waals surface area contributed by atoms with Crippen LogP contribution >= 0.6 is 0 Å². The molecule has 24 heavy (non-hydrogen) atoms. The second-order valence-electron chi connectivity index (χ2n) is 6.84. The van der Waals surface area contributed by atoms with Gasteiger partial charge in [0.05, 0.1) is 6.04 Å². The normalized spacial score (nSPS) is 16.2. The summed E-state index contributed by atoms with van der Waals surface area (Å²) in [5, 5.41) is 5.54. The van der Waals surface area contributed by atoms with Gasteiger partial charge in [0.25, 0.3) is 11.8 Å². The second-order valence-corrected chi connectivity index (χ2v) is 6.84. The van der Waals surface area contributed by atoms with E-state index in [0.717, 1.165) is 0 Å². The van der Waals surface area contributed by atoms with E-state index in [-0.39, 0.29) is 25.3 Å². The zero-order chi connectivity index (χ0) is 18.5. The SMILES string of the molecule is CC(C)[C@@H](CNC(=O)ON1C(=O)CCC1=O)[15NH]C(=O)OC(C)(C)C. The summed E-state index contributed by atoms with van der Waals surface area (Å²) in [5.41, 5.74) is -0.631. The van der Waals surface area contributed by atoms with Crippen molar-refractivity contribution >= 4 is 24.0 Å². The van der Waals surface area contributed by atoms with Gasteiger partial charge in [-0.2, -0.15) is 0 Å². The molecule has 0 saturated carbocycles. The summed E-state index contributed by atoms with van der Waals surface area (Å²) in [5.74, 6) is -1.10. The number of nitrogens with one attached hydrogen (secondary N) is 2. The molecule has 1 fully saturated rings. The molecule has 2 N–H and O–H groups in total. The lowest BCUT2D eigenvalue weighted by Gasteiger charge is -2.26. The van der Waals surface area contributed by atoms with E-state index in [2.05, 4.69) is 10.6 Å². The van der Waals surface area contributed by atoms with Crippen LogP contribution in [0.5, 0.6) is 0 Å². The summed E-state index contributed by atoms with van der Waals surface area (Å²) in [6.07, 6.45) is -1.47. The fourth-order valence-electron chi connectivity index (χ4n) is 1.88. The van der Waals surface area contributed by atoms with Crippen molar-refractivity contribution in [3.8, 4) is 0 Å². The molecule has 136 valence electrons. The molecule has 1 saturated heterocycles. The summed E-state index contributed by atoms with van der Waals surface area (Å²) in [6.45, 7) is 9.03. The lowest BCUT2D eigenvalue weighted by molar-refractivity contribution is -0.171. The van der Waals surface area contributed by atoms with Gasteiger partial charge in [-0.25, -0.2) is 9.59 Å². The third kappa shape index (κ3) is 6.43. The quantitative estimate of drug-likeness (QED) is 0.574. The summed E-state index contributed by atoms with van der Waals surface area (Å²) in [7, 11) is 0. The van der Waals surface area contributed by atoms with Crippen molar-refractivity contribution in [3.63, 3.8) is 0 Å². The Morgan fingerprint density at radius 1 is 1.12 bits per heavy atom. The molecule has 0 aromatic carbocycles. The first-order valence-electron chi connectivity index (χ1n) is 7.80. The van der Waals surface area contributed by atoms with Crippen molar-refractivity contribution in [3.05, 3.63) is 0 Å². The highest BCUT2D eigenvalue weighted by atomic mass is 16.7. The van der Waals surface area contributed by atoms with E-state index >= 15 is 0 Å². The molecule has 1 aliphatic rings. The molecule has 0 bridgehead atoms. The zero-order valence-electron chi connectivity index (χ0n) is 14.7. The minimum atomic E-state index is -0.935. The number of amides is 4. The number of alkyl carbamates (subject to hydrolysis) is 1. The van der Waals surface area contributed by atoms with Gasteiger partial charge in [0.1, 0.15) is 5.60 Å². The van der Waals surface area contributed by atoms with Crippen LogP contribution in [-0.2, 0) is 19.2 Å². The maximum atomic E-state index is 11.8. The Balaban J connectivity index is 2.48. The van der Waals surface area contributed by atoms with Crippen molar-refractivity contribution in [2.45, 2.75) is 59.1 Å². The number of nitrogens with zero attached hydrogens (tertiary/aromatic N) is 1. The van der Waals surface area contributed by atoms with Crippen LogP contribution in [0.1, 0.15) is 47.5 Å². The van der Waals surface area contributed by atoms with Crippen molar-refractivity contribution in [2.75, 3.05) is 6.54 Å². The largest absolute Gasteiger partial charge is 0.444 e. The molecular weight excluding hydrogens is 319 g/mol. The van der Waals surface area contributed by atoms with Gasteiger partial charge in [0.2, 0.25) is 0 Å². The van der Waals surface area contributed by atoms with E-state index < -0.39 is 35.6 Å². The number of hydroxylamine groups is 2. The van der Waals surface area contributed by atoms with E-state index in [1.165, 1.54) is 0 Å². The predicted molar refractivity (Wildman–Crippen MR) is 83.6 cm³/mol. The molecule has 4 amide bonds. The van der Waals surface area contributed by atoms with Gasteiger partial charge in [0, 0.05) is 19.4 Å². The van der Waals surface area contributed by atoms with Crippen LogP contribution in [0.15, 0.2) is 0 Å². The molecule has 1 aliphatic heterocycles. The Kier molecular flexibility index (Phi) is 6.56. The van der Waals surface area contributed by atoms with Gasteiger partial charge in [-0.1, -0.05) is 13.8 Å². The predicted octanol–water partition coefficient (Wildman–Crippen LogP) is 1.33. The lowest BCUT2D eigenvalue weighted by atomic mass is 10.1. The molecule has 1 heterocycles. The highest BCUT2D eigenvalue weighted by Crippen LogP contribution is 2.12. The first-order valence-corrected chi connectivity index (χ1v) is 7.80. The van der Waals surface area contributed by atoms with E-state index in [1.54, 1.807) is 20.8 Å². The topological polar surface area (TPSA) is 114 Å². The average molecular weight is 344 g/mol. The zero-order valence-corrected chi connectivity index (χ0v) is 14.7. The molecule has 9 heteroatoms. The summed E-state index contributed by atoms with van der Waals surface area (Å²) < 4.78 is 5.17. The van der Waals surface area contributed by atoms with Gasteiger partial charge in [-0.15, -0.1) is 5.06 Å². The van der Waals surface area contributed by atoms with E-state index in [4.69, 9.17) is 9.57 Å². The third-order valence-corrected chi connectivity index (χ3v) is 3.15. The molecule has 9 nitrogen and oxygen atoms in total. The average Bonchev–Trinajstić information content (AvgIpc) is 2.73. The second kappa shape index (κ2) is 7.98. The first-order chi connectivity index (χ1) is 11.0. The van der Waals surface area contributed by atoms with Gasteiger partial charge < -0.3 is 20.2 Å². The Morgan fingerprint density at radius 3 is 2.12 bits per heavy atom. The molecule has 0 aliphatic carbocycles. The molecule has 0 aromatic rings. The van der Waals surface area contributed by atoms with Crippen molar-refractivity contribution < 1.29 is 28.8 Å². The Bertz CT molecular complexity index is 496. The van der Waals surface area contributed by atoms with E-state index in [0.29, 0.717) is 5.06 Å². The Hall–Kier alpha value is -2.32. The van der Waals surface area contributed by atoms with Crippen molar-refractivity contribution in [1.82, 2.24) is 15.7 Å². The van der Waals surface area contributed by atoms with Crippen LogP contribution in [0.4, 0.5) is 9.59 Å². The Labute approximate surface area is 141 Å². The number of hydrogen-bond acceptors (Lipinski definition) is 6. The summed E-state index contributed by atoms with van der Waals surface area (Å²) in [6, 6.07) is -0.405. The highest BCUT2D eigenvalue weighted by molar-refractivity contribution is 6.01.